The third-order valence-electron chi connectivity index (χ3n) is 3.14. The molecule has 2 aromatic carbocycles. The number of nitrogens with one attached hydrogen (secondary N) is 1. The second kappa shape index (κ2) is 7.71. The molecule has 0 aliphatic heterocycles. The second-order valence-electron chi connectivity index (χ2n) is 4.74. The highest BCUT2D eigenvalue weighted by Gasteiger charge is 2.15. The topological polar surface area (TPSA) is 47.6 Å². The van der Waals surface area contributed by atoms with Gasteiger partial charge in [-0.05, 0) is 37.3 Å². The molecule has 0 spiro atoms. The Morgan fingerprint density at radius 1 is 1.18 bits per heavy atom. The predicted octanol–water partition coefficient (Wildman–Crippen LogP) is 3.43. The van der Waals surface area contributed by atoms with Crippen molar-refractivity contribution in [3.63, 3.8) is 0 Å². The monoisotopic (exact) mass is 319 g/mol. The number of carbonyl (C=O) groups excluding carboxylic acids is 1. The third kappa shape index (κ3) is 4.40. The van der Waals surface area contributed by atoms with E-state index in [0.29, 0.717) is 17.3 Å². The Balaban J connectivity index is 1.90. The molecule has 0 radical (unpaired) electrons. The largest absolute Gasteiger partial charge is 0.496 e. The van der Waals surface area contributed by atoms with Crippen LogP contribution in [0.1, 0.15) is 12.5 Å². The maximum atomic E-state index is 12.1. The van der Waals surface area contributed by atoms with Crippen LogP contribution in [-0.2, 0) is 11.3 Å². The van der Waals surface area contributed by atoms with E-state index in [1.807, 2.05) is 24.3 Å². The van der Waals surface area contributed by atoms with Crippen LogP contribution in [0.2, 0.25) is 5.02 Å². The molecule has 0 bridgehead atoms. The van der Waals surface area contributed by atoms with Crippen LogP contribution in [0.15, 0.2) is 48.5 Å². The van der Waals surface area contributed by atoms with E-state index in [1.165, 1.54) is 0 Å². The van der Waals surface area contributed by atoms with Crippen molar-refractivity contribution in [1.29, 1.82) is 0 Å². The smallest absolute Gasteiger partial charge is 0.261 e. The zero-order valence-electron chi connectivity index (χ0n) is 12.5. The quantitative estimate of drug-likeness (QED) is 0.887. The summed E-state index contributed by atoms with van der Waals surface area (Å²) in [6, 6.07) is 14.4. The maximum absolute atomic E-state index is 12.1. The molecule has 4 nitrogen and oxygen atoms in total. The first-order valence-electron chi connectivity index (χ1n) is 6.92. The summed E-state index contributed by atoms with van der Waals surface area (Å²) in [4.78, 5) is 12.1. The highest BCUT2D eigenvalue weighted by molar-refractivity contribution is 6.30. The number of hydrogen-bond donors (Lipinski definition) is 1. The van der Waals surface area contributed by atoms with Crippen LogP contribution in [0.5, 0.6) is 11.5 Å². The zero-order chi connectivity index (χ0) is 15.9. The summed E-state index contributed by atoms with van der Waals surface area (Å²) < 4.78 is 10.8. The van der Waals surface area contributed by atoms with Crippen molar-refractivity contribution in [2.75, 3.05) is 7.11 Å². The number of halogens is 1. The molecule has 0 aliphatic rings. The molecule has 0 heterocycles. The summed E-state index contributed by atoms with van der Waals surface area (Å²) in [5.74, 6) is 1.15. The minimum absolute atomic E-state index is 0.194. The average Bonchev–Trinajstić information content (AvgIpc) is 2.54. The van der Waals surface area contributed by atoms with Crippen LogP contribution in [0.25, 0.3) is 0 Å². The van der Waals surface area contributed by atoms with Crippen molar-refractivity contribution in [2.24, 2.45) is 0 Å². The van der Waals surface area contributed by atoms with Gasteiger partial charge in [0.25, 0.3) is 5.91 Å². The van der Waals surface area contributed by atoms with Crippen LogP contribution in [0.4, 0.5) is 0 Å². The van der Waals surface area contributed by atoms with Gasteiger partial charge in [-0.2, -0.15) is 0 Å². The van der Waals surface area contributed by atoms with E-state index in [2.05, 4.69) is 5.32 Å². The van der Waals surface area contributed by atoms with Crippen molar-refractivity contribution in [2.45, 2.75) is 19.6 Å². The van der Waals surface area contributed by atoms with Crippen molar-refractivity contribution < 1.29 is 14.3 Å². The molecule has 0 aromatic heterocycles. The Labute approximate surface area is 135 Å². The zero-order valence-corrected chi connectivity index (χ0v) is 13.3. The average molecular weight is 320 g/mol. The lowest BCUT2D eigenvalue weighted by molar-refractivity contribution is -0.127. The van der Waals surface area contributed by atoms with Crippen molar-refractivity contribution in [3.05, 3.63) is 59.1 Å². The fraction of sp³-hybridized carbons (Fsp3) is 0.235. The van der Waals surface area contributed by atoms with E-state index in [1.54, 1.807) is 38.3 Å². The third-order valence-corrected chi connectivity index (χ3v) is 3.39. The van der Waals surface area contributed by atoms with Gasteiger partial charge < -0.3 is 14.8 Å². The fourth-order valence-corrected chi connectivity index (χ4v) is 2.07. The van der Waals surface area contributed by atoms with Crippen LogP contribution in [0, 0.1) is 0 Å². The van der Waals surface area contributed by atoms with Crippen LogP contribution < -0.4 is 14.8 Å². The van der Waals surface area contributed by atoms with E-state index in [4.69, 9.17) is 21.1 Å². The molecule has 0 saturated heterocycles. The molecule has 0 unspecified atom stereocenters. The molecule has 116 valence electrons. The number of ether oxygens (including phenoxy) is 2. The lowest BCUT2D eigenvalue weighted by atomic mass is 10.2. The van der Waals surface area contributed by atoms with Gasteiger partial charge in [-0.15, -0.1) is 0 Å². The van der Waals surface area contributed by atoms with E-state index in [-0.39, 0.29) is 5.91 Å². The SMILES string of the molecule is COc1ccccc1CNC(=O)[C@H](C)Oc1ccc(Cl)cc1. The molecule has 1 N–H and O–H groups in total. The molecule has 2 aromatic rings. The Bertz CT molecular complexity index is 628. The summed E-state index contributed by atoms with van der Waals surface area (Å²) >= 11 is 5.81. The molecule has 1 atom stereocenters. The maximum Gasteiger partial charge on any atom is 0.261 e. The van der Waals surface area contributed by atoms with Crippen molar-refractivity contribution in [3.8, 4) is 11.5 Å². The van der Waals surface area contributed by atoms with E-state index in [0.717, 1.165) is 11.3 Å². The summed E-state index contributed by atoms with van der Waals surface area (Å²) in [5.41, 5.74) is 0.914. The van der Waals surface area contributed by atoms with Gasteiger partial charge in [0.1, 0.15) is 11.5 Å². The number of methoxy groups -OCH3 is 1. The minimum Gasteiger partial charge on any atom is -0.496 e. The molecule has 22 heavy (non-hydrogen) atoms. The fourth-order valence-electron chi connectivity index (χ4n) is 1.95. The summed E-state index contributed by atoms with van der Waals surface area (Å²) in [6.45, 7) is 2.09. The minimum atomic E-state index is -0.601. The molecule has 0 fully saturated rings. The Hall–Kier alpha value is -2.20. The highest BCUT2D eigenvalue weighted by Crippen LogP contribution is 2.18. The van der Waals surface area contributed by atoms with E-state index < -0.39 is 6.10 Å². The van der Waals surface area contributed by atoms with Crippen LogP contribution in [0.3, 0.4) is 0 Å². The lowest BCUT2D eigenvalue weighted by Gasteiger charge is -2.15. The Kier molecular flexibility index (Phi) is 5.67. The van der Waals surface area contributed by atoms with Crippen molar-refractivity contribution >= 4 is 17.5 Å². The van der Waals surface area contributed by atoms with Gasteiger partial charge in [0.2, 0.25) is 0 Å². The van der Waals surface area contributed by atoms with Crippen LogP contribution >= 0.6 is 11.6 Å². The summed E-state index contributed by atoms with van der Waals surface area (Å²) in [5, 5.41) is 3.46. The molecule has 1 amide bonds. The molecule has 2 rings (SSSR count). The Morgan fingerprint density at radius 2 is 1.86 bits per heavy atom. The number of hydrogen-bond acceptors (Lipinski definition) is 3. The first-order chi connectivity index (χ1) is 10.6. The van der Waals surface area contributed by atoms with E-state index >= 15 is 0 Å². The number of benzene rings is 2. The van der Waals surface area contributed by atoms with Gasteiger partial charge in [0.05, 0.1) is 7.11 Å². The molecular formula is C17H18ClNO3. The molecule has 5 heteroatoms. The number of rotatable bonds is 6. The Morgan fingerprint density at radius 3 is 2.55 bits per heavy atom. The number of amides is 1. The first kappa shape index (κ1) is 16.2. The van der Waals surface area contributed by atoms with Gasteiger partial charge in [-0.3, -0.25) is 4.79 Å². The predicted molar refractivity (Wildman–Crippen MR) is 86.4 cm³/mol. The second-order valence-corrected chi connectivity index (χ2v) is 5.18. The van der Waals surface area contributed by atoms with Gasteiger partial charge in [0, 0.05) is 17.1 Å². The summed E-state index contributed by atoms with van der Waals surface area (Å²) in [7, 11) is 1.60. The number of carbonyl (C=O) groups is 1. The van der Waals surface area contributed by atoms with Gasteiger partial charge in [-0.1, -0.05) is 29.8 Å². The van der Waals surface area contributed by atoms with Crippen molar-refractivity contribution in [1.82, 2.24) is 5.32 Å². The van der Waals surface area contributed by atoms with Gasteiger partial charge >= 0.3 is 0 Å². The molecular weight excluding hydrogens is 302 g/mol. The highest BCUT2D eigenvalue weighted by atomic mass is 35.5. The number of para-hydroxylation sites is 1. The lowest BCUT2D eigenvalue weighted by Crippen LogP contribution is -2.35. The molecule has 0 saturated carbocycles. The normalized spacial score (nSPS) is 11.6. The standard InChI is InChI=1S/C17H18ClNO3/c1-12(22-15-9-7-14(18)8-10-15)17(20)19-11-13-5-3-4-6-16(13)21-2/h3-10,12H,11H2,1-2H3,(H,19,20)/t12-/m0/s1. The van der Waals surface area contributed by atoms with E-state index in [9.17, 15) is 4.79 Å². The van der Waals surface area contributed by atoms with Gasteiger partial charge in [-0.25, -0.2) is 0 Å². The van der Waals surface area contributed by atoms with Crippen LogP contribution in [-0.4, -0.2) is 19.1 Å². The first-order valence-corrected chi connectivity index (χ1v) is 7.30. The van der Waals surface area contributed by atoms with Gasteiger partial charge in [0.15, 0.2) is 6.10 Å². The molecule has 0 aliphatic carbocycles. The summed E-state index contributed by atoms with van der Waals surface area (Å²) in [6.07, 6.45) is -0.601.